The molecule has 1 saturated carbocycles. The van der Waals surface area contributed by atoms with Crippen LogP contribution in [-0.4, -0.2) is 36.0 Å². The van der Waals surface area contributed by atoms with Crippen molar-refractivity contribution in [1.29, 1.82) is 0 Å². The van der Waals surface area contributed by atoms with Gasteiger partial charge in [0.25, 0.3) is 10.0 Å². The summed E-state index contributed by atoms with van der Waals surface area (Å²) in [5.74, 6) is -4.11. The zero-order valence-corrected chi connectivity index (χ0v) is 21.1. The number of carbonyl (C=O) groups excluding carboxylic acids is 1. The molecule has 7 nitrogen and oxygen atoms in total. The number of nitrogens with zero attached hydrogens (tertiary/aromatic N) is 2. The number of benzene rings is 2. The highest BCUT2D eigenvalue weighted by molar-refractivity contribution is 7.98. The summed E-state index contributed by atoms with van der Waals surface area (Å²) in [6, 6.07) is 7.86. The second kappa shape index (κ2) is 9.49. The Kier molecular flexibility index (Phi) is 6.48. The summed E-state index contributed by atoms with van der Waals surface area (Å²) >= 11 is 1.28. The van der Waals surface area contributed by atoms with Crippen molar-refractivity contribution >= 4 is 44.6 Å². The lowest BCUT2D eigenvalue weighted by molar-refractivity contribution is -0.127. The molecule has 192 valence electrons. The van der Waals surface area contributed by atoms with E-state index in [0.29, 0.717) is 18.0 Å². The van der Waals surface area contributed by atoms with E-state index in [1.165, 1.54) is 30.1 Å². The minimum absolute atomic E-state index is 0.0728. The zero-order valence-electron chi connectivity index (χ0n) is 19.4. The van der Waals surface area contributed by atoms with Gasteiger partial charge < -0.3 is 4.74 Å². The fourth-order valence-corrected chi connectivity index (χ4v) is 6.18. The molecule has 2 heterocycles. The lowest BCUT2D eigenvalue weighted by Crippen LogP contribution is -2.33. The van der Waals surface area contributed by atoms with E-state index in [1.807, 2.05) is 4.72 Å². The summed E-state index contributed by atoms with van der Waals surface area (Å²) in [6.07, 6.45) is 5.67. The maximum atomic E-state index is 15.9. The predicted octanol–water partition coefficient (Wildman–Crippen LogP) is 5.20. The first-order valence-electron chi connectivity index (χ1n) is 11.3. The molecular weight excluding hydrogens is 527 g/mol. The number of ether oxygens (including phenoxy) is 1. The number of thioether (sulfide) groups is 1. The SMILES string of the molecule is CSc1nccc(C2=C(c3cccc(NS(=O)(=O)c4c(F)cccc4F)c3F)C(=O)C3(CCCC3)O2)n1. The van der Waals surface area contributed by atoms with Gasteiger partial charge in [0.15, 0.2) is 27.2 Å². The number of halogens is 3. The molecule has 1 spiro atoms. The Morgan fingerprint density at radius 1 is 1.03 bits per heavy atom. The van der Waals surface area contributed by atoms with Crippen LogP contribution in [0.25, 0.3) is 11.3 Å². The first-order chi connectivity index (χ1) is 17.7. The van der Waals surface area contributed by atoms with Crippen molar-refractivity contribution in [2.75, 3.05) is 11.0 Å². The topological polar surface area (TPSA) is 98.2 Å². The van der Waals surface area contributed by atoms with E-state index in [4.69, 9.17) is 4.74 Å². The van der Waals surface area contributed by atoms with Gasteiger partial charge in [-0.05, 0) is 56.2 Å². The highest BCUT2D eigenvalue weighted by Crippen LogP contribution is 2.49. The average molecular weight is 548 g/mol. The number of sulfonamides is 1. The molecule has 1 fully saturated rings. The fourth-order valence-electron chi connectivity index (χ4n) is 4.63. The molecule has 0 unspecified atom stereocenters. The molecule has 2 aromatic carbocycles. The molecule has 12 heteroatoms. The highest BCUT2D eigenvalue weighted by atomic mass is 32.2. The van der Waals surface area contributed by atoms with Crippen LogP contribution in [-0.2, 0) is 19.6 Å². The molecule has 1 aliphatic carbocycles. The first-order valence-corrected chi connectivity index (χ1v) is 14.0. The third-order valence-electron chi connectivity index (χ3n) is 6.33. The van der Waals surface area contributed by atoms with Crippen molar-refractivity contribution in [3.63, 3.8) is 0 Å². The second-order valence-corrected chi connectivity index (χ2v) is 11.0. The van der Waals surface area contributed by atoms with Crippen molar-refractivity contribution < 1.29 is 31.1 Å². The van der Waals surface area contributed by atoms with E-state index in [-0.39, 0.29) is 22.6 Å². The maximum Gasteiger partial charge on any atom is 0.267 e. The van der Waals surface area contributed by atoms with Gasteiger partial charge in [-0.1, -0.05) is 30.0 Å². The number of aromatic nitrogens is 2. The summed E-state index contributed by atoms with van der Waals surface area (Å²) in [6.45, 7) is 0. The smallest absolute Gasteiger partial charge is 0.267 e. The molecule has 5 rings (SSSR count). The third-order valence-corrected chi connectivity index (χ3v) is 8.30. The number of hydrogen-bond donors (Lipinski definition) is 1. The van der Waals surface area contributed by atoms with Crippen LogP contribution in [0.5, 0.6) is 0 Å². The number of carbonyl (C=O) groups is 1. The van der Waals surface area contributed by atoms with Gasteiger partial charge in [-0.3, -0.25) is 9.52 Å². The Hall–Kier alpha value is -3.38. The van der Waals surface area contributed by atoms with Crippen molar-refractivity contribution in [2.45, 2.75) is 41.3 Å². The molecule has 37 heavy (non-hydrogen) atoms. The largest absolute Gasteiger partial charge is 0.476 e. The molecule has 2 aliphatic rings. The summed E-state index contributed by atoms with van der Waals surface area (Å²) < 4.78 is 77.8. The summed E-state index contributed by atoms with van der Waals surface area (Å²) in [5.41, 5.74) is -1.76. The van der Waals surface area contributed by atoms with Crippen LogP contribution in [0, 0.1) is 17.5 Å². The van der Waals surface area contributed by atoms with Crippen LogP contribution in [0.15, 0.2) is 58.7 Å². The molecule has 0 atom stereocenters. The summed E-state index contributed by atoms with van der Waals surface area (Å²) in [4.78, 5) is 21.0. The number of nitrogens with one attached hydrogen (secondary N) is 1. The quantitative estimate of drug-likeness (QED) is 0.335. The van der Waals surface area contributed by atoms with Crippen LogP contribution in [0.1, 0.15) is 36.9 Å². The van der Waals surface area contributed by atoms with Crippen molar-refractivity contribution in [3.05, 3.63) is 77.4 Å². The molecular formula is C25H20F3N3O4S2. The average Bonchev–Trinajstić information content (AvgIpc) is 3.45. The molecule has 0 amide bonds. The van der Waals surface area contributed by atoms with Crippen LogP contribution >= 0.6 is 11.8 Å². The zero-order chi connectivity index (χ0) is 26.4. The Labute approximate surface area is 215 Å². The number of anilines is 1. The van der Waals surface area contributed by atoms with E-state index in [9.17, 15) is 22.0 Å². The van der Waals surface area contributed by atoms with Gasteiger partial charge in [0.1, 0.15) is 17.3 Å². The highest BCUT2D eigenvalue weighted by Gasteiger charge is 2.52. The number of rotatable bonds is 6. The second-order valence-electron chi connectivity index (χ2n) is 8.59. The van der Waals surface area contributed by atoms with E-state index in [0.717, 1.165) is 37.1 Å². The lowest BCUT2D eigenvalue weighted by atomic mass is 9.89. The molecule has 1 aliphatic heterocycles. The molecule has 0 saturated heterocycles. The van der Waals surface area contributed by atoms with E-state index >= 15 is 4.39 Å². The fraction of sp³-hybridized carbons (Fsp3) is 0.240. The predicted molar refractivity (Wildman–Crippen MR) is 131 cm³/mol. The molecule has 0 bridgehead atoms. The van der Waals surface area contributed by atoms with Gasteiger partial charge in [0.05, 0.1) is 11.3 Å². The van der Waals surface area contributed by atoms with Crippen molar-refractivity contribution in [1.82, 2.24) is 9.97 Å². The van der Waals surface area contributed by atoms with Gasteiger partial charge in [-0.15, -0.1) is 0 Å². The van der Waals surface area contributed by atoms with E-state index in [1.54, 1.807) is 12.3 Å². The Bertz CT molecular complexity index is 1530. The monoisotopic (exact) mass is 547 g/mol. The summed E-state index contributed by atoms with van der Waals surface area (Å²) in [5, 5.41) is 0.418. The Balaban J connectivity index is 1.63. The minimum atomic E-state index is -4.84. The standard InChI is InChI=1S/C25H20F3N3O4S2/c1-36-24-29-13-10-18(30-24)21-19(23(32)25(35-21)11-2-3-12-25)14-6-4-9-17(20(14)28)31-37(33,34)22-15(26)7-5-8-16(22)27/h4-10,13,31H,2-3,11-12H2,1H3. The van der Waals surface area contributed by atoms with Crippen LogP contribution in [0.3, 0.4) is 0 Å². The number of ketones is 1. The van der Waals surface area contributed by atoms with Gasteiger partial charge in [0.2, 0.25) is 5.78 Å². The van der Waals surface area contributed by atoms with Crippen molar-refractivity contribution in [2.24, 2.45) is 0 Å². The van der Waals surface area contributed by atoms with Gasteiger partial charge >= 0.3 is 0 Å². The first kappa shape index (κ1) is 25.3. The van der Waals surface area contributed by atoms with Crippen molar-refractivity contribution in [3.8, 4) is 0 Å². The number of hydrogen-bond acceptors (Lipinski definition) is 7. The normalized spacial score (nSPS) is 16.9. The Morgan fingerprint density at radius 3 is 2.38 bits per heavy atom. The van der Waals surface area contributed by atoms with Gasteiger partial charge in [-0.2, -0.15) is 0 Å². The van der Waals surface area contributed by atoms with E-state index in [2.05, 4.69) is 9.97 Å². The molecule has 3 aromatic rings. The molecule has 0 radical (unpaired) electrons. The lowest BCUT2D eigenvalue weighted by Gasteiger charge is -2.22. The van der Waals surface area contributed by atoms with E-state index < -0.39 is 49.4 Å². The molecule has 1 N–H and O–H groups in total. The maximum absolute atomic E-state index is 15.9. The minimum Gasteiger partial charge on any atom is -0.476 e. The number of Topliss-reactive ketones (excluding diaryl/α,β-unsaturated/α-hetero) is 1. The van der Waals surface area contributed by atoms with Crippen LogP contribution in [0.2, 0.25) is 0 Å². The van der Waals surface area contributed by atoms with Crippen LogP contribution in [0.4, 0.5) is 18.9 Å². The Morgan fingerprint density at radius 2 is 1.70 bits per heavy atom. The summed E-state index contributed by atoms with van der Waals surface area (Å²) in [7, 11) is -4.84. The molecule has 1 aromatic heterocycles. The van der Waals surface area contributed by atoms with Gasteiger partial charge in [-0.25, -0.2) is 31.6 Å². The third kappa shape index (κ3) is 4.37. The van der Waals surface area contributed by atoms with Crippen LogP contribution < -0.4 is 4.72 Å². The van der Waals surface area contributed by atoms with Gasteiger partial charge in [0, 0.05) is 11.8 Å².